The van der Waals surface area contributed by atoms with Gasteiger partial charge in [0.25, 0.3) is 0 Å². The van der Waals surface area contributed by atoms with Crippen LogP contribution in [0.5, 0.6) is 0 Å². The number of aromatic nitrogens is 3. The third kappa shape index (κ3) is 2.33. The first-order valence-corrected chi connectivity index (χ1v) is 6.09. The maximum Gasteiger partial charge on any atom is 0.0543 e. The van der Waals surface area contributed by atoms with Crippen LogP contribution in [-0.2, 0) is 6.54 Å². The van der Waals surface area contributed by atoms with E-state index in [1.165, 1.54) is 5.39 Å². The molecule has 0 atom stereocenters. The quantitative estimate of drug-likeness (QED) is 0.773. The molecule has 3 aromatic rings. The molecule has 3 rings (SSSR count). The Bertz CT molecular complexity index is 709. The maximum atomic E-state index is 4.16. The van der Waals surface area contributed by atoms with Crippen molar-refractivity contribution in [2.45, 2.75) is 6.54 Å². The van der Waals surface area contributed by atoms with Gasteiger partial charge in [-0.1, -0.05) is 18.7 Å². The summed E-state index contributed by atoms with van der Waals surface area (Å²) < 4.78 is 1.70. The van der Waals surface area contributed by atoms with Gasteiger partial charge in [-0.3, -0.25) is 4.98 Å². The average Bonchev–Trinajstić information content (AvgIpc) is 2.93. The largest absolute Gasteiger partial charge is 0.380 e. The van der Waals surface area contributed by atoms with Crippen molar-refractivity contribution >= 4 is 22.7 Å². The Morgan fingerprint density at radius 2 is 2.21 bits per heavy atom. The van der Waals surface area contributed by atoms with Crippen LogP contribution >= 0.6 is 0 Å². The highest BCUT2D eigenvalue weighted by molar-refractivity contribution is 5.93. The number of hydrogen-bond donors (Lipinski definition) is 1. The molecule has 0 amide bonds. The normalized spacial score (nSPS) is 10.5. The number of hydrogen-bond acceptors (Lipinski definition) is 3. The highest BCUT2D eigenvalue weighted by Gasteiger charge is 2.01. The van der Waals surface area contributed by atoms with Crippen molar-refractivity contribution in [2.75, 3.05) is 5.32 Å². The predicted octanol–water partition coefficient (Wildman–Crippen LogP) is 3.14. The second-order valence-corrected chi connectivity index (χ2v) is 4.27. The number of nitrogens with zero attached hydrogens (tertiary/aromatic N) is 3. The first kappa shape index (κ1) is 11.5. The van der Waals surface area contributed by atoms with Crippen LogP contribution in [0.3, 0.4) is 0 Å². The molecule has 0 aliphatic carbocycles. The van der Waals surface area contributed by atoms with Gasteiger partial charge < -0.3 is 5.32 Å². The first-order chi connectivity index (χ1) is 9.36. The lowest BCUT2D eigenvalue weighted by atomic mass is 10.1. The summed E-state index contributed by atoms with van der Waals surface area (Å²) in [5.74, 6) is 0. The molecule has 4 heteroatoms. The Kier molecular flexibility index (Phi) is 2.98. The molecule has 0 saturated carbocycles. The number of nitrogens with one attached hydrogen (secondary N) is 1. The summed E-state index contributed by atoms with van der Waals surface area (Å²) in [5, 5.41) is 9.89. The monoisotopic (exact) mass is 250 g/mol. The van der Waals surface area contributed by atoms with Crippen molar-refractivity contribution in [2.24, 2.45) is 0 Å². The molecule has 0 unspecified atom stereocenters. The van der Waals surface area contributed by atoms with Gasteiger partial charge in [-0.15, -0.1) is 0 Å². The van der Waals surface area contributed by atoms with E-state index in [1.54, 1.807) is 10.9 Å². The average molecular weight is 250 g/mol. The predicted molar refractivity (Wildman–Crippen MR) is 77.7 cm³/mol. The highest BCUT2D eigenvalue weighted by atomic mass is 15.2. The molecule has 0 aliphatic heterocycles. The van der Waals surface area contributed by atoms with Gasteiger partial charge in [0.05, 0.1) is 6.20 Å². The molecule has 2 aromatic heterocycles. The van der Waals surface area contributed by atoms with Crippen LogP contribution in [0.25, 0.3) is 17.0 Å². The van der Waals surface area contributed by atoms with Crippen LogP contribution in [0.1, 0.15) is 5.56 Å². The molecule has 94 valence electrons. The van der Waals surface area contributed by atoms with Crippen LogP contribution in [0.2, 0.25) is 0 Å². The number of pyridine rings is 1. The summed E-state index contributed by atoms with van der Waals surface area (Å²) >= 11 is 0. The molecule has 0 fully saturated rings. The maximum absolute atomic E-state index is 4.16. The highest BCUT2D eigenvalue weighted by Crippen LogP contribution is 2.22. The van der Waals surface area contributed by atoms with E-state index >= 15 is 0 Å². The zero-order chi connectivity index (χ0) is 13.1. The van der Waals surface area contributed by atoms with Crippen LogP contribution in [0.4, 0.5) is 5.69 Å². The van der Waals surface area contributed by atoms with Gasteiger partial charge in [0.15, 0.2) is 0 Å². The standard InChI is InChI=1S/C15H14N4/c1-2-19-11-12(9-18-19)8-17-15-5-3-4-13-10-16-7-6-14(13)15/h2-7,9-11,17H,1,8H2. The zero-order valence-electron chi connectivity index (χ0n) is 10.5. The lowest BCUT2D eigenvalue weighted by molar-refractivity contribution is 0.936. The summed E-state index contributed by atoms with van der Waals surface area (Å²) in [7, 11) is 0. The zero-order valence-corrected chi connectivity index (χ0v) is 10.5. The second-order valence-electron chi connectivity index (χ2n) is 4.27. The summed E-state index contributed by atoms with van der Waals surface area (Å²) in [5.41, 5.74) is 2.22. The van der Waals surface area contributed by atoms with Crippen molar-refractivity contribution in [3.63, 3.8) is 0 Å². The van der Waals surface area contributed by atoms with Crippen molar-refractivity contribution < 1.29 is 0 Å². The molecule has 4 nitrogen and oxygen atoms in total. The van der Waals surface area contributed by atoms with E-state index in [-0.39, 0.29) is 0 Å². The van der Waals surface area contributed by atoms with Gasteiger partial charge >= 0.3 is 0 Å². The fourth-order valence-electron chi connectivity index (χ4n) is 2.04. The van der Waals surface area contributed by atoms with Crippen LogP contribution < -0.4 is 5.32 Å². The molecule has 0 radical (unpaired) electrons. The second kappa shape index (κ2) is 4.94. The molecule has 0 spiro atoms. The third-order valence-corrected chi connectivity index (χ3v) is 3.01. The smallest absolute Gasteiger partial charge is 0.0543 e. The number of rotatable bonds is 4. The number of anilines is 1. The van der Waals surface area contributed by atoms with E-state index in [0.717, 1.165) is 23.2 Å². The molecule has 19 heavy (non-hydrogen) atoms. The van der Waals surface area contributed by atoms with Gasteiger partial charge in [-0.05, 0) is 12.1 Å². The van der Waals surface area contributed by atoms with E-state index < -0.39 is 0 Å². The van der Waals surface area contributed by atoms with E-state index in [4.69, 9.17) is 0 Å². The minimum Gasteiger partial charge on any atom is -0.380 e. The summed E-state index contributed by atoms with van der Waals surface area (Å²) in [4.78, 5) is 4.13. The third-order valence-electron chi connectivity index (χ3n) is 3.01. The summed E-state index contributed by atoms with van der Waals surface area (Å²) in [6.45, 7) is 4.41. The summed E-state index contributed by atoms with van der Waals surface area (Å²) in [6.07, 6.45) is 9.14. The van der Waals surface area contributed by atoms with Crippen LogP contribution in [0.15, 0.2) is 55.6 Å². The Morgan fingerprint density at radius 3 is 3.05 bits per heavy atom. The van der Waals surface area contributed by atoms with Crippen molar-refractivity contribution in [1.29, 1.82) is 0 Å². The van der Waals surface area contributed by atoms with Gasteiger partial charge in [0.2, 0.25) is 0 Å². The van der Waals surface area contributed by atoms with E-state index in [2.05, 4.69) is 34.1 Å². The van der Waals surface area contributed by atoms with Gasteiger partial charge in [-0.25, -0.2) is 4.68 Å². The van der Waals surface area contributed by atoms with Crippen molar-refractivity contribution in [1.82, 2.24) is 14.8 Å². The summed E-state index contributed by atoms with van der Waals surface area (Å²) in [6, 6.07) is 8.17. The van der Waals surface area contributed by atoms with Gasteiger partial charge in [0.1, 0.15) is 0 Å². The molecule has 2 heterocycles. The Balaban J connectivity index is 1.83. The van der Waals surface area contributed by atoms with Gasteiger partial charge in [-0.2, -0.15) is 5.10 Å². The van der Waals surface area contributed by atoms with E-state index in [0.29, 0.717) is 0 Å². The Morgan fingerprint density at radius 1 is 1.26 bits per heavy atom. The topological polar surface area (TPSA) is 42.7 Å². The minimum atomic E-state index is 0.731. The number of fused-ring (bicyclic) bond motifs is 1. The van der Waals surface area contributed by atoms with Crippen molar-refractivity contribution in [3.05, 3.63) is 61.2 Å². The SMILES string of the molecule is C=Cn1cc(CNc2cccc3cnccc23)cn1. The number of benzene rings is 1. The Labute approximate surface area is 111 Å². The molecule has 1 aromatic carbocycles. The fourth-order valence-corrected chi connectivity index (χ4v) is 2.04. The van der Waals surface area contributed by atoms with Gasteiger partial charge in [0, 0.05) is 53.4 Å². The van der Waals surface area contributed by atoms with E-state index in [9.17, 15) is 0 Å². The molecule has 0 bridgehead atoms. The van der Waals surface area contributed by atoms with Crippen molar-refractivity contribution in [3.8, 4) is 0 Å². The molecule has 0 aliphatic rings. The molecule has 1 N–H and O–H groups in total. The van der Waals surface area contributed by atoms with Crippen LogP contribution in [-0.4, -0.2) is 14.8 Å². The molecule has 0 saturated heterocycles. The molecular weight excluding hydrogens is 236 g/mol. The molecular formula is C15H14N4. The lowest BCUT2D eigenvalue weighted by Gasteiger charge is -2.08. The Hall–Kier alpha value is -2.62. The van der Waals surface area contributed by atoms with E-state index in [1.807, 2.05) is 36.9 Å². The minimum absolute atomic E-state index is 0.731. The van der Waals surface area contributed by atoms with Crippen LogP contribution in [0, 0.1) is 0 Å². The first-order valence-electron chi connectivity index (χ1n) is 6.09. The lowest BCUT2D eigenvalue weighted by Crippen LogP contribution is -1.99. The fraction of sp³-hybridized carbons (Fsp3) is 0.0667.